The monoisotopic (exact) mass is 442 g/mol. The summed E-state index contributed by atoms with van der Waals surface area (Å²) in [5, 5.41) is 7.73. The third kappa shape index (κ3) is 6.74. The lowest BCUT2D eigenvalue weighted by Gasteiger charge is -2.32. The molecule has 0 spiro atoms. The van der Waals surface area contributed by atoms with E-state index in [1.54, 1.807) is 12.1 Å². The van der Waals surface area contributed by atoms with Gasteiger partial charge >= 0.3 is 12.1 Å². The molecule has 0 aromatic heterocycles. The summed E-state index contributed by atoms with van der Waals surface area (Å²) in [6.07, 6.45) is -3.11. The maximum absolute atomic E-state index is 12.5. The van der Waals surface area contributed by atoms with Gasteiger partial charge in [-0.3, -0.25) is 4.79 Å². The number of aliphatic carboxylic acids is 1. The van der Waals surface area contributed by atoms with Crippen LogP contribution in [0, 0.1) is 0 Å². The first-order valence-corrected chi connectivity index (χ1v) is 9.63. The zero-order chi connectivity index (χ0) is 22.3. The van der Waals surface area contributed by atoms with Crippen molar-refractivity contribution in [3.05, 3.63) is 70.2 Å². The lowest BCUT2D eigenvalue weighted by molar-refractivity contribution is -0.192. The Morgan fingerprint density at radius 2 is 1.70 bits per heavy atom. The summed E-state index contributed by atoms with van der Waals surface area (Å²) < 4.78 is 31.7. The minimum atomic E-state index is -5.08. The maximum Gasteiger partial charge on any atom is 0.490 e. The number of hydrogen-bond acceptors (Lipinski definition) is 3. The molecule has 0 aliphatic carbocycles. The van der Waals surface area contributed by atoms with E-state index in [-0.39, 0.29) is 5.91 Å². The van der Waals surface area contributed by atoms with Crippen LogP contribution in [0.15, 0.2) is 48.5 Å². The van der Waals surface area contributed by atoms with Gasteiger partial charge in [0, 0.05) is 30.2 Å². The highest BCUT2D eigenvalue weighted by Gasteiger charge is 2.38. The minimum Gasteiger partial charge on any atom is -0.475 e. The number of carboxylic acids is 1. The van der Waals surface area contributed by atoms with Gasteiger partial charge in [-0.25, -0.2) is 4.79 Å². The second-order valence-electron chi connectivity index (χ2n) is 6.83. The summed E-state index contributed by atoms with van der Waals surface area (Å²) in [4.78, 5) is 23.4. The SMILES string of the molecule is NCc1cccc(C2CCN(C(=O)c3cccc(Cl)c3)CC2)c1.O=C(O)C(F)(F)F. The van der Waals surface area contributed by atoms with Gasteiger partial charge in [0.05, 0.1) is 0 Å². The number of benzene rings is 2. The number of rotatable bonds is 3. The van der Waals surface area contributed by atoms with Crippen molar-refractivity contribution in [1.29, 1.82) is 0 Å². The van der Waals surface area contributed by atoms with Crippen LogP contribution in [0.25, 0.3) is 0 Å². The quantitative estimate of drug-likeness (QED) is 0.735. The third-order valence-electron chi connectivity index (χ3n) is 4.75. The van der Waals surface area contributed by atoms with Crippen molar-refractivity contribution in [3.8, 4) is 0 Å². The van der Waals surface area contributed by atoms with Crippen molar-refractivity contribution in [2.75, 3.05) is 13.1 Å². The van der Waals surface area contributed by atoms with Gasteiger partial charge in [0.1, 0.15) is 0 Å². The molecule has 1 amide bonds. The van der Waals surface area contributed by atoms with Crippen molar-refractivity contribution in [2.45, 2.75) is 31.5 Å². The fraction of sp³-hybridized carbons (Fsp3) is 0.333. The van der Waals surface area contributed by atoms with Crippen LogP contribution >= 0.6 is 11.6 Å². The molecule has 1 saturated heterocycles. The van der Waals surface area contributed by atoms with E-state index in [1.807, 2.05) is 17.0 Å². The predicted molar refractivity (Wildman–Crippen MR) is 107 cm³/mol. The average molecular weight is 443 g/mol. The first-order valence-electron chi connectivity index (χ1n) is 9.25. The van der Waals surface area contributed by atoms with E-state index in [0.29, 0.717) is 23.0 Å². The Labute approximate surface area is 177 Å². The van der Waals surface area contributed by atoms with Gasteiger partial charge in [0.25, 0.3) is 5.91 Å². The highest BCUT2D eigenvalue weighted by atomic mass is 35.5. The molecule has 2 aromatic carbocycles. The molecule has 162 valence electrons. The van der Waals surface area contributed by atoms with Crippen LogP contribution in [-0.4, -0.2) is 41.1 Å². The Kier molecular flexibility index (Phi) is 8.25. The summed E-state index contributed by atoms with van der Waals surface area (Å²) in [5.74, 6) is -2.18. The molecule has 30 heavy (non-hydrogen) atoms. The Morgan fingerprint density at radius 3 is 2.23 bits per heavy atom. The largest absolute Gasteiger partial charge is 0.490 e. The van der Waals surface area contributed by atoms with Gasteiger partial charge in [-0.05, 0) is 48.1 Å². The fourth-order valence-corrected chi connectivity index (χ4v) is 3.38. The molecule has 5 nitrogen and oxygen atoms in total. The van der Waals surface area contributed by atoms with Crippen LogP contribution in [0.2, 0.25) is 5.02 Å². The molecule has 9 heteroatoms. The summed E-state index contributed by atoms with van der Waals surface area (Å²) in [5.41, 5.74) is 8.89. The van der Waals surface area contributed by atoms with Crippen LogP contribution in [0.5, 0.6) is 0 Å². The van der Waals surface area contributed by atoms with E-state index in [4.69, 9.17) is 27.2 Å². The second-order valence-corrected chi connectivity index (χ2v) is 7.27. The highest BCUT2D eigenvalue weighted by molar-refractivity contribution is 6.30. The molecule has 1 aliphatic heterocycles. The van der Waals surface area contributed by atoms with Gasteiger partial charge < -0.3 is 15.7 Å². The summed E-state index contributed by atoms with van der Waals surface area (Å²) in [7, 11) is 0. The highest BCUT2D eigenvalue weighted by Crippen LogP contribution is 2.29. The maximum atomic E-state index is 12.5. The van der Waals surface area contributed by atoms with Crippen molar-refractivity contribution in [1.82, 2.24) is 4.90 Å². The standard InChI is InChI=1S/C19H21ClN2O.C2HF3O2/c20-18-6-2-5-17(12-18)19(23)22-9-7-15(8-10-22)16-4-1-3-14(11-16)13-21;3-2(4,5)1(6)7/h1-6,11-12,15H,7-10,13,21H2;(H,6,7). The molecular weight excluding hydrogens is 421 g/mol. The zero-order valence-electron chi connectivity index (χ0n) is 16.0. The van der Waals surface area contributed by atoms with E-state index in [1.165, 1.54) is 11.1 Å². The normalized spacial score (nSPS) is 14.6. The number of carbonyl (C=O) groups excluding carboxylic acids is 1. The molecular formula is C21H22ClF3N2O3. The number of amides is 1. The number of hydrogen-bond donors (Lipinski definition) is 2. The summed E-state index contributed by atoms with van der Waals surface area (Å²) in [6, 6.07) is 15.7. The third-order valence-corrected chi connectivity index (χ3v) is 4.99. The first kappa shape index (κ1) is 23.7. The van der Waals surface area contributed by atoms with E-state index in [2.05, 4.69) is 24.3 Å². The number of likely N-dealkylation sites (tertiary alicyclic amines) is 1. The summed E-state index contributed by atoms with van der Waals surface area (Å²) >= 11 is 5.98. The van der Waals surface area contributed by atoms with Crippen molar-refractivity contribution in [3.63, 3.8) is 0 Å². The van der Waals surface area contributed by atoms with Gasteiger partial charge in [-0.1, -0.05) is 41.9 Å². The molecule has 1 heterocycles. The molecule has 0 unspecified atom stereocenters. The number of carboxylic acid groups (broad SMARTS) is 1. The molecule has 1 aliphatic rings. The number of nitrogens with zero attached hydrogens (tertiary/aromatic N) is 1. The molecule has 1 fully saturated rings. The Hall–Kier alpha value is -2.58. The molecule has 3 rings (SSSR count). The topological polar surface area (TPSA) is 83.6 Å². The molecule has 3 N–H and O–H groups in total. The number of carbonyl (C=O) groups is 2. The fourth-order valence-electron chi connectivity index (χ4n) is 3.19. The van der Waals surface area contributed by atoms with Gasteiger partial charge in [-0.2, -0.15) is 13.2 Å². The predicted octanol–water partition coefficient (Wildman–Crippen LogP) is 4.45. The number of alkyl halides is 3. The molecule has 0 radical (unpaired) electrons. The van der Waals surface area contributed by atoms with Crippen LogP contribution in [-0.2, 0) is 11.3 Å². The van der Waals surface area contributed by atoms with Crippen LogP contribution in [0.3, 0.4) is 0 Å². The number of nitrogens with two attached hydrogens (primary N) is 1. The van der Waals surface area contributed by atoms with Crippen molar-refractivity contribution < 1.29 is 27.9 Å². The van der Waals surface area contributed by atoms with Crippen LogP contribution in [0.1, 0.15) is 40.2 Å². The van der Waals surface area contributed by atoms with Gasteiger partial charge in [0.2, 0.25) is 0 Å². The molecule has 0 bridgehead atoms. The molecule has 0 atom stereocenters. The minimum absolute atomic E-state index is 0.0710. The van der Waals surface area contributed by atoms with Crippen LogP contribution in [0.4, 0.5) is 13.2 Å². The van der Waals surface area contributed by atoms with Gasteiger partial charge in [-0.15, -0.1) is 0 Å². The van der Waals surface area contributed by atoms with Gasteiger partial charge in [0.15, 0.2) is 0 Å². The first-order chi connectivity index (χ1) is 14.1. The number of halogens is 4. The summed E-state index contributed by atoms with van der Waals surface area (Å²) in [6.45, 7) is 2.13. The lowest BCUT2D eigenvalue weighted by atomic mass is 9.88. The lowest BCUT2D eigenvalue weighted by Crippen LogP contribution is -2.37. The van der Waals surface area contributed by atoms with E-state index in [9.17, 15) is 18.0 Å². The zero-order valence-corrected chi connectivity index (χ0v) is 16.8. The van der Waals surface area contributed by atoms with E-state index in [0.717, 1.165) is 25.9 Å². The Balaban J connectivity index is 0.000000396. The van der Waals surface area contributed by atoms with E-state index < -0.39 is 12.1 Å². The smallest absolute Gasteiger partial charge is 0.475 e. The van der Waals surface area contributed by atoms with Crippen LogP contribution < -0.4 is 5.73 Å². The van der Waals surface area contributed by atoms with E-state index >= 15 is 0 Å². The molecule has 0 saturated carbocycles. The van der Waals surface area contributed by atoms with Crippen molar-refractivity contribution in [2.24, 2.45) is 5.73 Å². The second kappa shape index (κ2) is 10.4. The average Bonchev–Trinajstić information content (AvgIpc) is 2.73. The van der Waals surface area contributed by atoms with Crippen molar-refractivity contribution >= 4 is 23.5 Å². The Morgan fingerprint density at radius 1 is 1.10 bits per heavy atom. The Bertz CT molecular complexity index is 882. The number of piperidine rings is 1. The molecule has 2 aromatic rings.